The topological polar surface area (TPSA) is 124 Å². The lowest BCUT2D eigenvalue weighted by Gasteiger charge is -2.18. The minimum Gasteiger partial charge on any atom is -0.465 e. The summed E-state index contributed by atoms with van der Waals surface area (Å²) >= 11 is 1.51. The minimum atomic E-state index is -1.36. The number of thioether (sulfide) groups is 1. The summed E-state index contributed by atoms with van der Waals surface area (Å²) in [6, 6.07) is 3.39. The molecule has 2 amide bonds. The Morgan fingerprint density at radius 2 is 1.89 bits per heavy atom. The van der Waals surface area contributed by atoms with E-state index in [1.54, 1.807) is 18.3 Å². The van der Waals surface area contributed by atoms with Gasteiger partial charge in [0, 0.05) is 11.1 Å². The molecule has 0 spiro atoms. The first kappa shape index (κ1) is 13.9. The Labute approximate surface area is 107 Å². The highest BCUT2D eigenvalue weighted by molar-refractivity contribution is 7.98. The molecule has 1 aromatic rings. The second-order valence-corrected chi connectivity index (χ2v) is 3.94. The van der Waals surface area contributed by atoms with E-state index in [0.29, 0.717) is 5.82 Å². The van der Waals surface area contributed by atoms with E-state index in [1.165, 1.54) is 11.8 Å². The van der Waals surface area contributed by atoms with Gasteiger partial charge in [-0.1, -0.05) is 0 Å². The maximum atomic E-state index is 10.5. The van der Waals surface area contributed by atoms with E-state index >= 15 is 0 Å². The van der Waals surface area contributed by atoms with Crippen molar-refractivity contribution in [2.45, 2.75) is 11.2 Å². The number of hydrogen-bond acceptors (Lipinski definition) is 5. The van der Waals surface area contributed by atoms with Crippen LogP contribution in [0, 0.1) is 0 Å². The molecule has 1 heterocycles. The van der Waals surface area contributed by atoms with Crippen molar-refractivity contribution in [3.05, 3.63) is 18.3 Å². The predicted octanol–water partition coefficient (Wildman–Crippen LogP) is 1.03. The number of nitrogens with zero attached hydrogens (tertiary/aromatic N) is 1. The van der Waals surface area contributed by atoms with Crippen LogP contribution >= 0.6 is 11.8 Å². The minimum absolute atomic E-state index is 0.348. The number of nitrogens with one attached hydrogen (secondary N) is 3. The highest BCUT2D eigenvalue weighted by Crippen LogP contribution is 2.14. The van der Waals surface area contributed by atoms with E-state index in [9.17, 15) is 9.59 Å². The molecule has 9 heteroatoms. The molecule has 18 heavy (non-hydrogen) atoms. The van der Waals surface area contributed by atoms with E-state index in [1.807, 2.05) is 16.9 Å². The van der Waals surface area contributed by atoms with E-state index in [2.05, 4.69) is 10.3 Å². The summed E-state index contributed by atoms with van der Waals surface area (Å²) in [6.07, 6.45) is -0.409. The van der Waals surface area contributed by atoms with Crippen LogP contribution in [-0.4, -0.2) is 39.9 Å². The Morgan fingerprint density at radius 3 is 2.28 bits per heavy atom. The van der Waals surface area contributed by atoms with Crippen molar-refractivity contribution in [3.63, 3.8) is 0 Å². The summed E-state index contributed by atoms with van der Waals surface area (Å²) in [5.41, 5.74) is 0. The molecule has 0 saturated carbocycles. The van der Waals surface area contributed by atoms with E-state index in [4.69, 9.17) is 10.2 Å². The second kappa shape index (κ2) is 6.55. The fourth-order valence-electron chi connectivity index (χ4n) is 1.09. The smallest absolute Gasteiger partial charge is 0.407 e. The Bertz CT molecular complexity index is 409. The fourth-order valence-corrected chi connectivity index (χ4v) is 1.45. The summed E-state index contributed by atoms with van der Waals surface area (Å²) < 4.78 is 0. The van der Waals surface area contributed by atoms with Crippen LogP contribution in [0.3, 0.4) is 0 Å². The molecule has 1 aromatic heterocycles. The molecular weight excluding hydrogens is 260 g/mol. The maximum absolute atomic E-state index is 10.5. The van der Waals surface area contributed by atoms with E-state index < -0.39 is 18.5 Å². The highest BCUT2D eigenvalue weighted by Gasteiger charge is 2.13. The molecule has 0 bridgehead atoms. The first-order valence-electron chi connectivity index (χ1n) is 4.77. The molecule has 0 aliphatic carbocycles. The third kappa shape index (κ3) is 4.78. The lowest BCUT2D eigenvalue weighted by molar-refractivity contribution is 0.179. The first-order chi connectivity index (χ1) is 8.51. The van der Waals surface area contributed by atoms with Crippen LogP contribution in [0.2, 0.25) is 0 Å². The number of amides is 2. The molecule has 8 nitrogen and oxygen atoms in total. The van der Waals surface area contributed by atoms with Crippen LogP contribution in [0.25, 0.3) is 0 Å². The summed E-state index contributed by atoms with van der Waals surface area (Å²) in [6.45, 7) is 0. The van der Waals surface area contributed by atoms with E-state index in [-0.39, 0.29) is 0 Å². The molecule has 0 saturated heterocycles. The van der Waals surface area contributed by atoms with Gasteiger partial charge >= 0.3 is 12.2 Å². The van der Waals surface area contributed by atoms with Gasteiger partial charge in [-0.25, -0.2) is 14.6 Å². The highest BCUT2D eigenvalue weighted by atomic mass is 32.2. The van der Waals surface area contributed by atoms with Crippen molar-refractivity contribution >= 4 is 29.8 Å². The van der Waals surface area contributed by atoms with Crippen molar-refractivity contribution in [2.24, 2.45) is 0 Å². The van der Waals surface area contributed by atoms with Crippen molar-refractivity contribution in [2.75, 3.05) is 11.6 Å². The normalized spacial score (nSPS) is 9.89. The third-order valence-corrected chi connectivity index (χ3v) is 2.51. The first-order valence-corrected chi connectivity index (χ1v) is 5.99. The number of hydrogen-bond donors (Lipinski definition) is 5. The number of pyridine rings is 1. The molecule has 98 valence electrons. The number of anilines is 1. The third-order valence-electron chi connectivity index (χ3n) is 1.80. The zero-order valence-corrected chi connectivity index (χ0v) is 10.2. The van der Waals surface area contributed by atoms with Crippen LogP contribution in [-0.2, 0) is 0 Å². The summed E-state index contributed by atoms with van der Waals surface area (Å²) in [7, 11) is 0. The van der Waals surface area contributed by atoms with Crippen LogP contribution in [0.1, 0.15) is 0 Å². The molecule has 0 unspecified atom stereocenters. The Hall–Kier alpha value is -2.16. The summed E-state index contributed by atoms with van der Waals surface area (Å²) in [4.78, 5) is 25.9. The van der Waals surface area contributed by atoms with E-state index in [0.717, 1.165) is 4.90 Å². The average molecular weight is 272 g/mol. The molecule has 0 aliphatic heterocycles. The molecule has 0 aliphatic rings. The van der Waals surface area contributed by atoms with Crippen LogP contribution < -0.4 is 16.0 Å². The zero-order chi connectivity index (χ0) is 13.5. The lowest BCUT2D eigenvalue weighted by Crippen LogP contribution is -2.52. The van der Waals surface area contributed by atoms with Crippen LogP contribution in [0.15, 0.2) is 23.2 Å². The molecule has 0 fully saturated rings. The zero-order valence-electron chi connectivity index (χ0n) is 9.38. The molecule has 0 radical (unpaired) electrons. The van der Waals surface area contributed by atoms with Gasteiger partial charge in [-0.05, 0) is 18.4 Å². The number of carbonyl (C=O) groups is 2. The van der Waals surface area contributed by atoms with Crippen molar-refractivity contribution in [1.82, 2.24) is 15.6 Å². The number of carboxylic acid groups (broad SMARTS) is 2. The number of aromatic nitrogens is 1. The molecular formula is C9H12N4O4S. The Morgan fingerprint density at radius 1 is 1.28 bits per heavy atom. The Kier molecular flexibility index (Phi) is 5.06. The van der Waals surface area contributed by atoms with Crippen molar-refractivity contribution in [1.29, 1.82) is 0 Å². The Balaban J connectivity index is 2.68. The van der Waals surface area contributed by atoms with Gasteiger partial charge in [0.1, 0.15) is 5.82 Å². The summed E-state index contributed by atoms with van der Waals surface area (Å²) in [5.74, 6) is 0.348. The maximum Gasteiger partial charge on any atom is 0.407 e. The van der Waals surface area contributed by atoms with Gasteiger partial charge in [-0.2, -0.15) is 0 Å². The SMILES string of the molecule is CSc1ccc(NC(NC(=O)O)NC(=O)O)nc1. The van der Waals surface area contributed by atoms with Gasteiger partial charge in [0.05, 0.1) is 0 Å². The van der Waals surface area contributed by atoms with Gasteiger partial charge in [0.15, 0.2) is 6.29 Å². The molecule has 5 N–H and O–H groups in total. The largest absolute Gasteiger partial charge is 0.465 e. The predicted molar refractivity (Wildman–Crippen MR) is 65.7 cm³/mol. The molecule has 1 rings (SSSR count). The monoisotopic (exact) mass is 272 g/mol. The quantitative estimate of drug-likeness (QED) is 0.400. The number of rotatable bonds is 5. The van der Waals surface area contributed by atoms with Gasteiger partial charge in [-0.3, -0.25) is 10.6 Å². The standard InChI is InChI=1S/C9H12N4O4S/c1-18-5-2-3-6(10-4-5)11-7(12-8(14)15)13-9(16)17/h2-4,7,12-13H,1H3,(H,10,11)(H,14,15)(H,16,17). The van der Waals surface area contributed by atoms with Crippen LogP contribution in [0.4, 0.5) is 15.4 Å². The van der Waals surface area contributed by atoms with Gasteiger partial charge in [-0.15, -0.1) is 11.8 Å². The van der Waals surface area contributed by atoms with Crippen LogP contribution in [0.5, 0.6) is 0 Å². The molecule has 0 aromatic carbocycles. The van der Waals surface area contributed by atoms with Gasteiger partial charge < -0.3 is 15.5 Å². The van der Waals surface area contributed by atoms with Gasteiger partial charge in [0.25, 0.3) is 0 Å². The average Bonchev–Trinajstić information content (AvgIpc) is 2.28. The second-order valence-electron chi connectivity index (χ2n) is 3.06. The summed E-state index contributed by atoms with van der Waals surface area (Å²) in [5, 5.41) is 23.6. The molecule has 0 atom stereocenters. The van der Waals surface area contributed by atoms with Crippen molar-refractivity contribution in [3.8, 4) is 0 Å². The fraction of sp³-hybridized carbons (Fsp3) is 0.222. The van der Waals surface area contributed by atoms with Gasteiger partial charge in [0.2, 0.25) is 0 Å². The lowest BCUT2D eigenvalue weighted by atomic mass is 10.4. The van der Waals surface area contributed by atoms with Crippen molar-refractivity contribution < 1.29 is 19.8 Å².